The van der Waals surface area contributed by atoms with Crippen LogP contribution in [0.3, 0.4) is 0 Å². The molecule has 0 spiro atoms. The molecule has 0 saturated heterocycles. The Bertz CT molecular complexity index is 683. The first-order valence-corrected chi connectivity index (χ1v) is 5.87. The highest BCUT2D eigenvalue weighted by Gasteiger charge is 2.04. The van der Waals surface area contributed by atoms with E-state index in [0.717, 1.165) is 29.1 Å². The van der Waals surface area contributed by atoms with E-state index < -0.39 is 0 Å². The number of nitrogens with zero attached hydrogens (tertiary/aromatic N) is 3. The van der Waals surface area contributed by atoms with E-state index in [0.29, 0.717) is 0 Å². The maximum absolute atomic E-state index is 5.66. The average molecular weight is 238 g/mol. The van der Waals surface area contributed by atoms with Crippen molar-refractivity contribution in [1.82, 2.24) is 14.6 Å². The predicted molar refractivity (Wildman–Crippen MR) is 71.4 cm³/mol. The molecule has 0 aliphatic carbocycles. The van der Waals surface area contributed by atoms with Crippen molar-refractivity contribution < 1.29 is 0 Å². The molecule has 0 aliphatic heterocycles. The van der Waals surface area contributed by atoms with Crippen molar-refractivity contribution in [3.05, 3.63) is 59.5 Å². The molecule has 0 aliphatic rings. The molecule has 0 radical (unpaired) electrons. The summed E-state index contributed by atoms with van der Waals surface area (Å²) in [6, 6.07) is 11.9. The van der Waals surface area contributed by atoms with Crippen LogP contribution in [0.5, 0.6) is 0 Å². The molecule has 0 atom stereocenters. The molecule has 90 valence electrons. The highest BCUT2D eigenvalue weighted by atomic mass is 15.3. The van der Waals surface area contributed by atoms with Gasteiger partial charge >= 0.3 is 0 Å². The molecular weight excluding hydrogens is 224 g/mol. The van der Waals surface area contributed by atoms with Crippen LogP contribution in [0.15, 0.2) is 42.6 Å². The second-order valence-electron chi connectivity index (χ2n) is 4.45. The fourth-order valence-electron chi connectivity index (χ4n) is 1.92. The number of hydrogen-bond acceptors (Lipinski definition) is 3. The normalized spacial score (nSPS) is 10.9. The molecule has 4 heteroatoms. The first-order valence-electron chi connectivity index (χ1n) is 5.87. The van der Waals surface area contributed by atoms with Crippen molar-refractivity contribution in [2.75, 3.05) is 5.73 Å². The molecule has 18 heavy (non-hydrogen) atoms. The van der Waals surface area contributed by atoms with E-state index in [9.17, 15) is 0 Å². The summed E-state index contributed by atoms with van der Waals surface area (Å²) < 4.78 is 1.81. The smallest absolute Gasteiger partial charge is 0.156 e. The third-order valence-electron chi connectivity index (χ3n) is 2.88. The van der Waals surface area contributed by atoms with Crippen molar-refractivity contribution in [2.45, 2.75) is 13.3 Å². The zero-order valence-corrected chi connectivity index (χ0v) is 10.2. The summed E-state index contributed by atoms with van der Waals surface area (Å²) in [6.45, 7) is 2.05. The Kier molecular flexibility index (Phi) is 2.48. The zero-order chi connectivity index (χ0) is 12.5. The van der Waals surface area contributed by atoms with Crippen molar-refractivity contribution in [3.8, 4) is 0 Å². The zero-order valence-electron chi connectivity index (χ0n) is 10.2. The van der Waals surface area contributed by atoms with Gasteiger partial charge in [0.15, 0.2) is 11.5 Å². The standard InChI is InChI=1S/C14H14N4/c1-10-6-7-18-14(8-10)16-13(17-18)9-11-2-4-12(15)5-3-11/h2-8H,9,15H2,1H3. The SMILES string of the molecule is Cc1ccn2nc(Cc3ccc(N)cc3)nc2c1. The molecule has 0 amide bonds. The van der Waals surface area contributed by atoms with E-state index >= 15 is 0 Å². The van der Waals surface area contributed by atoms with Gasteiger partial charge < -0.3 is 5.73 Å². The Balaban J connectivity index is 1.92. The van der Waals surface area contributed by atoms with Gasteiger partial charge in [-0.3, -0.25) is 0 Å². The van der Waals surface area contributed by atoms with Gasteiger partial charge in [0.25, 0.3) is 0 Å². The maximum Gasteiger partial charge on any atom is 0.156 e. The molecule has 0 fully saturated rings. The number of nitrogens with two attached hydrogens (primary N) is 1. The minimum absolute atomic E-state index is 0.723. The summed E-state index contributed by atoms with van der Waals surface area (Å²) in [5.41, 5.74) is 9.68. The number of anilines is 1. The molecule has 0 bridgehead atoms. The quantitative estimate of drug-likeness (QED) is 0.696. The maximum atomic E-state index is 5.66. The van der Waals surface area contributed by atoms with Gasteiger partial charge in [-0.15, -0.1) is 0 Å². The summed E-state index contributed by atoms with van der Waals surface area (Å²) in [6.07, 6.45) is 2.66. The average Bonchev–Trinajstić information content (AvgIpc) is 2.73. The van der Waals surface area contributed by atoms with E-state index in [4.69, 9.17) is 5.73 Å². The second kappa shape index (κ2) is 4.14. The number of nitrogen functional groups attached to an aromatic ring is 1. The van der Waals surface area contributed by atoms with Crippen LogP contribution in [-0.4, -0.2) is 14.6 Å². The molecule has 0 saturated carbocycles. The summed E-state index contributed by atoms with van der Waals surface area (Å²) in [4.78, 5) is 4.51. The first-order chi connectivity index (χ1) is 8.70. The van der Waals surface area contributed by atoms with Crippen LogP contribution in [0.1, 0.15) is 17.0 Å². The Morgan fingerprint density at radius 1 is 1.17 bits per heavy atom. The predicted octanol–water partition coefficient (Wildman–Crippen LogP) is 2.21. The van der Waals surface area contributed by atoms with E-state index in [-0.39, 0.29) is 0 Å². The van der Waals surface area contributed by atoms with Crippen molar-refractivity contribution in [1.29, 1.82) is 0 Å². The molecule has 2 N–H and O–H groups in total. The molecule has 2 heterocycles. The highest BCUT2D eigenvalue weighted by molar-refractivity contribution is 5.42. The fourth-order valence-corrected chi connectivity index (χ4v) is 1.92. The number of fused-ring (bicyclic) bond motifs is 1. The summed E-state index contributed by atoms with van der Waals surface area (Å²) in [5.74, 6) is 0.824. The van der Waals surface area contributed by atoms with Gasteiger partial charge in [-0.1, -0.05) is 12.1 Å². The van der Waals surface area contributed by atoms with Crippen LogP contribution in [0.4, 0.5) is 5.69 Å². The Morgan fingerprint density at radius 2 is 1.94 bits per heavy atom. The number of rotatable bonds is 2. The molecule has 4 nitrogen and oxygen atoms in total. The molecule has 2 aromatic heterocycles. The lowest BCUT2D eigenvalue weighted by atomic mass is 10.1. The minimum Gasteiger partial charge on any atom is -0.399 e. The van der Waals surface area contributed by atoms with E-state index in [1.807, 2.05) is 49.5 Å². The van der Waals surface area contributed by atoms with E-state index in [2.05, 4.69) is 10.1 Å². The summed E-state index contributed by atoms with van der Waals surface area (Å²) >= 11 is 0. The van der Waals surface area contributed by atoms with Gasteiger partial charge in [-0.05, 0) is 42.3 Å². The van der Waals surface area contributed by atoms with Gasteiger partial charge in [-0.2, -0.15) is 5.10 Å². The van der Waals surface area contributed by atoms with E-state index in [1.165, 1.54) is 5.56 Å². The number of hydrogen-bond donors (Lipinski definition) is 1. The number of benzene rings is 1. The lowest BCUT2D eigenvalue weighted by molar-refractivity contribution is 0.899. The van der Waals surface area contributed by atoms with Crippen LogP contribution in [-0.2, 0) is 6.42 Å². The monoisotopic (exact) mass is 238 g/mol. The van der Waals surface area contributed by atoms with Crippen molar-refractivity contribution >= 4 is 11.3 Å². The van der Waals surface area contributed by atoms with Crippen LogP contribution >= 0.6 is 0 Å². The molecule has 0 unspecified atom stereocenters. The first kappa shape index (κ1) is 10.8. The largest absolute Gasteiger partial charge is 0.399 e. The lowest BCUT2D eigenvalue weighted by Gasteiger charge is -1.97. The van der Waals surface area contributed by atoms with Gasteiger partial charge in [-0.25, -0.2) is 9.50 Å². The minimum atomic E-state index is 0.723. The topological polar surface area (TPSA) is 56.2 Å². The lowest BCUT2D eigenvalue weighted by Crippen LogP contribution is -1.93. The Hall–Kier alpha value is -2.36. The Morgan fingerprint density at radius 3 is 2.72 bits per heavy atom. The molecule has 3 aromatic rings. The summed E-state index contributed by atoms with van der Waals surface area (Å²) in [7, 11) is 0. The van der Waals surface area contributed by atoms with Crippen LogP contribution in [0.25, 0.3) is 5.65 Å². The van der Waals surface area contributed by atoms with Gasteiger partial charge in [0, 0.05) is 18.3 Å². The van der Waals surface area contributed by atoms with Crippen LogP contribution in [0.2, 0.25) is 0 Å². The van der Waals surface area contributed by atoms with Gasteiger partial charge in [0.1, 0.15) is 0 Å². The van der Waals surface area contributed by atoms with Crippen molar-refractivity contribution in [3.63, 3.8) is 0 Å². The van der Waals surface area contributed by atoms with Crippen LogP contribution in [0, 0.1) is 6.92 Å². The van der Waals surface area contributed by atoms with Crippen molar-refractivity contribution in [2.24, 2.45) is 0 Å². The third-order valence-corrected chi connectivity index (χ3v) is 2.88. The number of pyridine rings is 1. The highest BCUT2D eigenvalue weighted by Crippen LogP contribution is 2.11. The fraction of sp³-hybridized carbons (Fsp3) is 0.143. The van der Waals surface area contributed by atoms with Gasteiger partial charge in [0.05, 0.1) is 0 Å². The third kappa shape index (κ3) is 2.05. The molecular formula is C14H14N4. The second-order valence-corrected chi connectivity index (χ2v) is 4.45. The van der Waals surface area contributed by atoms with Gasteiger partial charge in [0.2, 0.25) is 0 Å². The molecule has 1 aromatic carbocycles. The van der Waals surface area contributed by atoms with Crippen LogP contribution < -0.4 is 5.73 Å². The molecule has 3 rings (SSSR count). The number of aryl methyl sites for hydroxylation is 1. The number of aromatic nitrogens is 3. The van der Waals surface area contributed by atoms with E-state index in [1.54, 1.807) is 4.52 Å². The summed E-state index contributed by atoms with van der Waals surface area (Å²) in [5, 5.41) is 4.45. The Labute approximate surface area is 105 Å².